The molecule has 1 heterocycles. The first-order chi connectivity index (χ1) is 14.3. The lowest BCUT2D eigenvalue weighted by atomic mass is 10.0. The van der Waals surface area contributed by atoms with Gasteiger partial charge in [0, 0.05) is 25.0 Å². The van der Waals surface area contributed by atoms with Crippen molar-refractivity contribution in [2.45, 2.75) is 32.7 Å². The van der Waals surface area contributed by atoms with Crippen LogP contribution in [0.1, 0.15) is 35.6 Å². The predicted octanol–water partition coefficient (Wildman–Crippen LogP) is 2.59. The number of methoxy groups -OCH3 is 2. The summed E-state index contributed by atoms with van der Waals surface area (Å²) >= 11 is 0. The van der Waals surface area contributed by atoms with Gasteiger partial charge in [0.2, 0.25) is 0 Å². The third kappa shape index (κ3) is 4.38. The van der Waals surface area contributed by atoms with Gasteiger partial charge in [0.05, 0.1) is 31.3 Å². The molecule has 0 aliphatic carbocycles. The molecule has 1 aliphatic rings. The summed E-state index contributed by atoms with van der Waals surface area (Å²) < 4.78 is 10.8. The fraction of sp³-hybridized carbons (Fsp3) is 0.409. The highest BCUT2D eigenvalue weighted by Crippen LogP contribution is 2.32. The number of likely N-dealkylation sites (tertiary alicyclic amines) is 1. The van der Waals surface area contributed by atoms with Crippen molar-refractivity contribution in [2.75, 3.05) is 32.6 Å². The van der Waals surface area contributed by atoms with Gasteiger partial charge in [-0.25, -0.2) is 0 Å². The summed E-state index contributed by atoms with van der Waals surface area (Å²) in [5, 5.41) is 14.2. The van der Waals surface area contributed by atoms with Gasteiger partial charge in [-0.3, -0.25) is 14.9 Å². The Bertz CT molecular complexity index is 960. The highest BCUT2D eigenvalue weighted by atomic mass is 16.6. The average Bonchev–Trinajstić information content (AvgIpc) is 3.18. The van der Waals surface area contributed by atoms with Crippen LogP contribution < -0.4 is 19.7 Å². The molecule has 8 nitrogen and oxygen atoms in total. The monoisotopic (exact) mass is 414 g/mol. The van der Waals surface area contributed by atoms with Gasteiger partial charge in [-0.1, -0.05) is 6.07 Å². The molecule has 2 N–H and O–H groups in total. The molecule has 0 saturated carbocycles. The van der Waals surface area contributed by atoms with E-state index in [1.165, 1.54) is 6.07 Å². The van der Waals surface area contributed by atoms with E-state index < -0.39 is 4.92 Å². The average molecular weight is 414 g/mol. The molecule has 30 heavy (non-hydrogen) atoms. The van der Waals surface area contributed by atoms with Crippen LogP contribution in [-0.2, 0) is 4.79 Å². The third-order valence-corrected chi connectivity index (χ3v) is 5.86. The van der Waals surface area contributed by atoms with Gasteiger partial charge in [-0.2, -0.15) is 0 Å². The zero-order valence-corrected chi connectivity index (χ0v) is 17.8. The van der Waals surface area contributed by atoms with Crippen LogP contribution in [0.3, 0.4) is 0 Å². The summed E-state index contributed by atoms with van der Waals surface area (Å²) in [6.45, 7) is 4.73. The van der Waals surface area contributed by atoms with Crippen LogP contribution in [0.5, 0.6) is 11.5 Å². The van der Waals surface area contributed by atoms with Gasteiger partial charge in [0.1, 0.15) is 23.2 Å². The van der Waals surface area contributed by atoms with Gasteiger partial charge in [0.15, 0.2) is 6.54 Å². The Kier molecular flexibility index (Phi) is 6.56. The van der Waals surface area contributed by atoms with Crippen LogP contribution in [0.15, 0.2) is 30.3 Å². The number of hydrogen-bond donors (Lipinski definition) is 2. The Hall–Kier alpha value is -3.13. The first-order valence-corrected chi connectivity index (χ1v) is 9.96. The van der Waals surface area contributed by atoms with Crippen LogP contribution in [0.4, 0.5) is 11.4 Å². The van der Waals surface area contributed by atoms with E-state index in [1.54, 1.807) is 27.2 Å². The number of carbonyl (C=O) groups is 1. The first kappa shape index (κ1) is 21.6. The number of aryl methyl sites for hydroxylation is 1. The smallest absolute Gasteiger partial charge is 0.293 e. The number of nitro benzene ring substituents is 1. The summed E-state index contributed by atoms with van der Waals surface area (Å²) in [6.07, 6.45) is 1.93. The number of benzene rings is 2. The van der Waals surface area contributed by atoms with Crippen molar-refractivity contribution in [1.29, 1.82) is 0 Å². The molecule has 8 heteroatoms. The van der Waals surface area contributed by atoms with E-state index in [1.807, 2.05) is 25.1 Å². The minimum atomic E-state index is -0.463. The van der Waals surface area contributed by atoms with E-state index in [0.29, 0.717) is 5.56 Å². The van der Waals surface area contributed by atoms with Gasteiger partial charge in [-0.05, 0) is 37.1 Å². The maximum absolute atomic E-state index is 12.8. The maximum Gasteiger partial charge on any atom is 0.293 e. The van der Waals surface area contributed by atoms with Crippen molar-refractivity contribution in [3.05, 3.63) is 57.1 Å². The number of anilines is 1. The van der Waals surface area contributed by atoms with E-state index in [9.17, 15) is 14.9 Å². The third-order valence-electron chi connectivity index (χ3n) is 5.86. The van der Waals surface area contributed by atoms with E-state index in [4.69, 9.17) is 9.47 Å². The number of ether oxygens (including phenoxy) is 2. The van der Waals surface area contributed by atoms with Gasteiger partial charge in [0.25, 0.3) is 11.6 Å². The lowest BCUT2D eigenvalue weighted by Crippen LogP contribution is -3.11. The number of hydrogen-bond acceptors (Lipinski definition) is 5. The van der Waals surface area contributed by atoms with Crippen molar-refractivity contribution in [2.24, 2.45) is 0 Å². The molecule has 0 bridgehead atoms. The second kappa shape index (κ2) is 9.13. The van der Waals surface area contributed by atoms with Crippen LogP contribution in [-0.4, -0.2) is 38.1 Å². The second-order valence-electron chi connectivity index (χ2n) is 7.59. The molecule has 2 aromatic rings. The van der Waals surface area contributed by atoms with Crippen LogP contribution in [0.2, 0.25) is 0 Å². The highest BCUT2D eigenvalue weighted by Gasteiger charge is 2.34. The lowest BCUT2D eigenvalue weighted by Gasteiger charge is -2.23. The summed E-state index contributed by atoms with van der Waals surface area (Å²) in [4.78, 5) is 24.9. The van der Waals surface area contributed by atoms with E-state index in [0.717, 1.165) is 46.9 Å². The van der Waals surface area contributed by atoms with Crippen LogP contribution >= 0.6 is 0 Å². The summed E-state index contributed by atoms with van der Waals surface area (Å²) in [7, 11) is 3.23. The largest absolute Gasteiger partial charge is 0.497 e. The van der Waals surface area contributed by atoms with Crippen molar-refractivity contribution in [1.82, 2.24) is 0 Å². The van der Waals surface area contributed by atoms with Crippen molar-refractivity contribution in [3.63, 3.8) is 0 Å². The van der Waals surface area contributed by atoms with Crippen LogP contribution in [0.25, 0.3) is 0 Å². The Balaban J connectivity index is 1.79. The number of nitrogens with one attached hydrogen (secondary N) is 2. The molecule has 2 atom stereocenters. The number of amides is 1. The number of carbonyl (C=O) groups excluding carboxylic acids is 1. The molecule has 0 spiro atoms. The zero-order chi connectivity index (χ0) is 21.8. The Labute approximate surface area is 175 Å². The van der Waals surface area contributed by atoms with E-state index >= 15 is 0 Å². The number of nitro groups is 1. The number of rotatable bonds is 7. The predicted molar refractivity (Wildman–Crippen MR) is 113 cm³/mol. The van der Waals surface area contributed by atoms with Crippen LogP contribution in [0, 0.1) is 24.0 Å². The van der Waals surface area contributed by atoms with Crippen molar-refractivity contribution in [3.8, 4) is 11.5 Å². The molecule has 0 aromatic heterocycles. The molecule has 2 aromatic carbocycles. The SMILES string of the molecule is COc1ccc([C@H]2CCC[NH+]2CC(=O)Nc2c([N+](=O)[O-])ccc(C)c2C)c(OC)c1. The molecule has 160 valence electrons. The van der Waals surface area contributed by atoms with Gasteiger partial charge >= 0.3 is 0 Å². The molecule has 1 amide bonds. The molecule has 1 saturated heterocycles. The second-order valence-corrected chi connectivity index (χ2v) is 7.59. The van der Waals surface area contributed by atoms with E-state index in [2.05, 4.69) is 5.32 Å². The Morgan fingerprint density at radius 1 is 1.23 bits per heavy atom. The zero-order valence-electron chi connectivity index (χ0n) is 17.8. The highest BCUT2D eigenvalue weighted by molar-refractivity contribution is 5.95. The maximum atomic E-state index is 12.8. The first-order valence-electron chi connectivity index (χ1n) is 9.96. The molecular weight excluding hydrogens is 386 g/mol. The van der Waals surface area contributed by atoms with Gasteiger partial charge < -0.3 is 19.7 Å². The summed E-state index contributed by atoms with van der Waals surface area (Å²) in [5.41, 5.74) is 2.84. The topological polar surface area (TPSA) is 95.1 Å². The normalized spacial score (nSPS) is 18.1. The molecule has 0 radical (unpaired) electrons. The summed E-state index contributed by atoms with van der Waals surface area (Å²) in [5.74, 6) is 1.22. The Morgan fingerprint density at radius 3 is 2.67 bits per heavy atom. The van der Waals surface area contributed by atoms with Crippen molar-refractivity contribution < 1.29 is 24.1 Å². The fourth-order valence-electron chi connectivity index (χ4n) is 4.11. The van der Waals surface area contributed by atoms with E-state index in [-0.39, 0.29) is 29.9 Å². The Morgan fingerprint density at radius 2 is 2.00 bits per heavy atom. The molecule has 3 rings (SSSR count). The molecule has 1 fully saturated rings. The molecule has 1 unspecified atom stereocenters. The van der Waals surface area contributed by atoms with Gasteiger partial charge in [-0.15, -0.1) is 0 Å². The quantitative estimate of drug-likeness (QED) is 0.536. The molecule has 1 aliphatic heterocycles. The number of quaternary nitrogens is 1. The minimum Gasteiger partial charge on any atom is -0.497 e. The standard InChI is InChI=1S/C22H27N3O5/c1-14-7-10-19(25(27)28)22(15(14)2)23-21(26)13-24-11-5-6-18(24)17-9-8-16(29-3)12-20(17)30-4/h7-10,12,18H,5-6,11,13H2,1-4H3,(H,23,26)/p+1/t18-/m1/s1. The lowest BCUT2D eigenvalue weighted by molar-refractivity contribution is -0.910. The fourth-order valence-corrected chi connectivity index (χ4v) is 4.11. The molecular formula is C22H28N3O5+. The minimum absolute atomic E-state index is 0.0868. The summed E-state index contributed by atoms with van der Waals surface area (Å²) in [6, 6.07) is 8.98. The number of nitrogens with zero attached hydrogens (tertiary/aromatic N) is 1. The van der Waals surface area contributed by atoms with Crippen molar-refractivity contribution >= 4 is 17.3 Å².